The van der Waals surface area contributed by atoms with E-state index in [1.54, 1.807) is 4.90 Å². The molecule has 0 aliphatic carbocycles. The number of hydrogen-bond donors (Lipinski definition) is 0. The Morgan fingerprint density at radius 2 is 1.95 bits per heavy atom. The van der Waals surface area contributed by atoms with E-state index in [1.807, 2.05) is 68.1 Å². The van der Waals surface area contributed by atoms with Crippen LogP contribution in [-0.2, 0) is 11.8 Å². The van der Waals surface area contributed by atoms with Gasteiger partial charge in [-0.3, -0.25) is 9.69 Å². The van der Waals surface area contributed by atoms with Crippen LogP contribution in [0.3, 0.4) is 0 Å². The predicted molar refractivity (Wildman–Crippen MR) is 97.0 cm³/mol. The molecule has 0 saturated carbocycles. The number of thioether (sulfide) groups is 1. The van der Waals surface area contributed by atoms with E-state index in [9.17, 15) is 4.79 Å². The maximum atomic E-state index is 12.8. The largest absolute Gasteiger partial charge is 0.351 e. The molecule has 0 radical (unpaired) electrons. The van der Waals surface area contributed by atoms with Gasteiger partial charge in [-0.05, 0) is 49.2 Å². The van der Waals surface area contributed by atoms with Gasteiger partial charge in [0.2, 0.25) is 0 Å². The summed E-state index contributed by atoms with van der Waals surface area (Å²) in [5.41, 5.74) is 4.09. The van der Waals surface area contributed by atoms with Gasteiger partial charge >= 0.3 is 0 Å². The Kier molecular flexibility index (Phi) is 3.93. The number of aryl methyl sites for hydroxylation is 2. The van der Waals surface area contributed by atoms with Crippen molar-refractivity contribution >= 4 is 46.0 Å². The van der Waals surface area contributed by atoms with Crippen molar-refractivity contribution in [3.63, 3.8) is 0 Å². The van der Waals surface area contributed by atoms with E-state index >= 15 is 0 Å². The van der Waals surface area contributed by atoms with Crippen molar-refractivity contribution in [2.45, 2.75) is 13.8 Å². The van der Waals surface area contributed by atoms with Crippen LogP contribution in [0, 0.1) is 13.8 Å². The first-order chi connectivity index (χ1) is 10.5. The Bertz CT molecular complexity index is 805. The Morgan fingerprint density at radius 1 is 1.18 bits per heavy atom. The summed E-state index contributed by atoms with van der Waals surface area (Å²) in [5.74, 6) is -0.0510. The second kappa shape index (κ2) is 5.74. The lowest BCUT2D eigenvalue weighted by Crippen LogP contribution is -2.28. The van der Waals surface area contributed by atoms with Crippen molar-refractivity contribution in [1.82, 2.24) is 4.57 Å². The number of nitrogens with zero attached hydrogens (tertiary/aromatic N) is 2. The Labute approximate surface area is 139 Å². The van der Waals surface area contributed by atoms with Crippen LogP contribution in [0.4, 0.5) is 5.69 Å². The van der Waals surface area contributed by atoms with Gasteiger partial charge < -0.3 is 4.57 Å². The molecule has 3 rings (SSSR count). The van der Waals surface area contributed by atoms with Gasteiger partial charge in [-0.15, -0.1) is 0 Å². The highest BCUT2D eigenvalue weighted by Crippen LogP contribution is 2.37. The number of aromatic nitrogens is 1. The third kappa shape index (κ3) is 2.51. The highest BCUT2D eigenvalue weighted by Gasteiger charge is 2.34. The molecule has 1 aromatic heterocycles. The van der Waals surface area contributed by atoms with Crippen LogP contribution in [0.15, 0.2) is 41.4 Å². The van der Waals surface area contributed by atoms with Gasteiger partial charge in [0.05, 0.1) is 10.6 Å². The fraction of sp³-hybridized carbons (Fsp3) is 0.176. The number of anilines is 1. The second-order valence-corrected chi connectivity index (χ2v) is 6.96. The van der Waals surface area contributed by atoms with Crippen LogP contribution in [0.2, 0.25) is 0 Å². The highest BCUT2D eigenvalue weighted by atomic mass is 32.2. The molecule has 5 heteroatoms. The lowest BCUT2D eigenvalue weighted by Gasteiger charge is -2.18. The van der Waals surface area contributed by atoms with Crippen LogP contribution in [0.5, 0.6) is 0 Å². The minimum Gasteiger partial charge on any atom is -0.351 e. The molecular formula is C17H16N2OS2. The van der Waals surface area contributed by atoms with E-state index in [0.717, 1.165) is 22.5 Å². The van der Waals surface area contributed by atoms with Crippen LogP contribution < -0.4 is 4.90 Å². The SMILES string of the molecule is Cc1cccc(N2C(=O)/C(=C/c3cccn3C)SC2=S)c1C. The molecule has 1 saturated heterocycles. The molecule has 3 nitrogen and oxygen atoms in total. The average molecular weight is 328 g/mol. The molecule has 2 heterocycles. The molecule has 22 heavy (non-hydrogen) atoms. The number of benzene rings is 1. The standard InChI is InChI=1S/C17H16N2OS2/c1-11-6-4-8-14(12(11)2)19-16(20)15(22-17(19)21)10-13-7-5-9-18(13)3/h4-10H,1-3H3/b15-10-. The van der Waals surface area contributed by atoms with E-state index in [1.165, 1.54) is 11.8 Å². The average Bonchev–Trinajstić information content (AvgIpc) is 2.99. The summed E-state index contributed by atoms with van der Waals surface area (Å²) in [7, 11) is 1.96. The van der Waals surface area contributed by atoms with Gasteiger partial charge in [0.15, 0.2) is 4.32 Å². The fourth-order valence-corrected chi connectivity index (χ4v) is 3.68. The minimum absolute atomic E-state index is 0.0510. The zero-order valence-corrected chi connectivity index (χ0v) is 14.3. The Hall–Kier alpha value is -1.85. The quantitative estimate of drug-likeness (QED) is 0.614. The molecule has 0 unspecified atom stereocenters. The summed E-state index contributed by atoms with van der Waals surface area (Å²) < 4.78 is 2.56. The lowest BCUT2D eigenvalue weighted by atomic mass is 10.1. The summed E-state index contributed by atoms with van der Waals surface area (Å²) >= 11 is 6.78. The van der Waals surface area contributed by atoms with Crippen molar-refractivity contribution in [3.05, 3.63) is 58.3 Å². The molecule has 1 aliphatic heterocycles. The summed E-state index contributed by atoms with van der Waals surface area (Å²) in [6, 6.07) is 9.87. The van der Waals surface area contributed by atoms with Crippen LogP contribution in [-0.4, -0.2) is 14.8 Å². The van der Waals surface area contributed by atoms with Gasteiger partial charge in [-0.1, -0.05) is 36.1 Å². The zero-order valence-electron chi connectivity index (χ0n) is 12.7. The molecule has 0 N–H and O–H groups in total. The molecule has 0 bridgehead atoms. The minimum atomic E-state index is -0.0510. The monoisotopic (exact) mass is 328 g/mol. The Morgan fingerprint density at radius 3 is 2.64 bits per heavy atom. The number of rotatable bonds is 2. The summed E-state index contributed by atoms with van der Waals surface area (Å²) in [4.78, 5) is 15.1. The van der Waals surface area contributed by atoms with Gasteiger partial charge in [-0.2, -0.15) is 0 Å². The molecular weight excluding hydrogens is 312 g/mol. The molecule has 1 fully saturated rings. The molecule has 0 spiro atoms. The number of thiocarbonyl (C=S) groups is 1. The number of carbonyl (C=O) groups is 1. The van der Waals surface area contributed by atoms with Gasteiger partial charge in [0.1, 0.15) is 0 Å². The third-order valence-electron chi connectivity index (χ3n) is 3.87. The van der Waals surface area contributed by atoms with Crippen LogP contribution in [0.25, 0.3) is 6.08 Å². The van der Waals surface area contributed by atoms with Gasteiger partial charge in [-0.25, -0.2) is 0 Å². The van der Waals surface area contributed by atoms with E-state index in [0.29, 0.717) is 9.23 Å². The van der Waals surface area contributed by atoms with Crippen molar-refractivity contribution in [2.24, 2.45) is 7.05 Å². The first kappa shape index (κ1) is 15.1. The van der Waals surface area contributed by atoms with E-state index in [2.05, 4.69) is 0 Å². The number of amides is 1. The first-order valence-corrected chi connectivity index (χ1v) is 8.17. The number of hydrogen-bond acceptors (Lipinski definition) is 3. The molecule has 1 aromatic carbocycles. The molecule has 112 valence electrons. The fourth-order valence-electron chi connectivity index (χ4n) is 2.41. The first-order valence-electron chi connectivity index (χ1n) is 6.94. The van der Waals surface area contributed by atoms with Gasteiger partial charge in [0, 0.05) is 18.9 Å². The summed E-state index contributed by atoms with van der Waals surface area (Å²) in [6.07, 6.45) is 3.85. The second-order valence-electron chi connectivity index (χ2n) is 5.28. The third-order valence-corrected chi connectivity index (χ3v) is 5.18. The normalized spacial score (nSPS) is 16.9. The van der Waals surface area contributed by atoms with Crippen molar-refractivity contribution in [2.75, 3.05) is 4.90 Å². The maximum absolute atomic E-state index is 12.8. The van der Waals surface area contributed by atoms with Crippen LogP contribution in [0.1, 0.15) is 16.8 Å². The van der Waals surface area contributed by atoms with Crippen molar-refractivity contribution in [3.8, 4) is 0 Å². The zero-order chi connectivity index (χ0) is 15.9. The molecule has 0 atom stereocenters. The molecule has 1 amide bonds. The van der Waals surface area contributed by atoms with Crippen molar-refractivity contribution in [1.29, 1.82) is 0 Å². The van der Waals surface area contributed by atoms with Gasteiger partial charge in [0.25, 0.3) is 5.91 Å². The molecule has 1 aliphatic rings. The summed E-state index contributed by atoms with van der Waals surface area (Å²) in [6.45, 7) is 4.06. The van der Waals surface area contributed by atoms with Crippen LogP contribution >= 0.6 is 24.0 Å². The molecule has 2 aromatic rings. The van der Waals surface area contributed by atoms with E-state index in [4.69, 9.17) is 12.2 Å². The summed E-state index contributed by atoms with van der Waals surface area (Å²) in [5, 5.41) is 0. The topological polar surface area (TPSA) is 25.2 Å². The predicted octanol–water partition coefficient (Wildman–Crippen LogP) is 4.05. The van der Waals surface area contributed by atoms with Crippen molar-refractivity contribution < 1.29 is 4.79 Å². The lowest BCUT2D eigenvalue weighted by molar-refractivity contribution is -0.113. The number of carbonyl (C=O) groups excluding carboxylic acids is 1. The Balaban J connectivity index is 2.01. The smallest absolute Gasteiger partial charge is 0.270 e. The highest BCUT2D eigenvalue weighted by molar-refractivity contribution is 8.27. The van der Waals surface area contributed by atoms with E-state index in [-0.39, 0.29) is 5.91 Å². The maximum Gasteiger partial charge on any atom is 0.270 e. The van der Waals surface area contributed by atoms with E-state index < -0.39 is 0 Å².